The van der Waals surface area contributed by atoms with E-state index >= 15 is 0 Å². The predicted octanol–water partition coefficient (Wildman–Crippen LogP) is 1.91. The highest BCUT2D eigenvalue weighted by Crippen LogP contribution is 2.17. The third-order valence-electron chi connectivity index (χ3n) is 2.82. The molecule has 4 heteroatoms. The van der Waals surface area contributed by atoms with Gasteiger partial charge in [-0.2, -0.15) is 0 Å². The van der Waals surface area contributed by atoms with E-state index in [0.717, 1.165) is 5.56 Å². The van der Waals surface area contributed by atoms with Crippen LogP contribution in [0.1, 0.15) is 32.3 Å². The standard InChI is InChI=1S/C14H22N2O2/c1-4-18-10(2)9-16-14(17)11(3)12-6-5-7-13(15)8-12/h5-8,10-11H,4,9,15H2,1-3H3,(H,16,17). The molecule has 2 unspecified atom stereocenters. The quantitative estimate of drug-likeness (QED) is 0.758. The number of nitrogens with one attached hydrogen (secondary N) is 1. The summed E-state index contributed by atoms with van der Waals surface area (Å²) in [6.07, 6.45) is 0.0343. The molecule has 4 nitrogen and oxygen atoms in total. The van der Waals surface area contributed by atoms with Gasteiger partial charge in [0.1, 0.15) is 0 Å². The summed E-state index contributed by atoms with van der Waals surface area (Å²) in [5.41, 5.74) is 7.31. The molecule has 0 aliphatic carbocycles. The molecule has 2 atom stereocenters. The van der Waals surface area contributed by atoms with E-state index < -0.39 is 0 Å². The second-order valence-corrected chi connectivity index (χ2v) is 4.40. The fraction of sp³-hybridized carbons (Fsp3) is 0.500. The minimum absolute atomic E-state index is 0.00727. The summed E-state index contributed by atoms with van der Waals surface area (Å²) >= 11 is 0. The molecule has 0 fully saturated rings. The van der Waals surface area contributed by atoms with Gasteiger partial charge in [0.05, 0.1) is 12.0 Å². The molecule has 1 amide bonds. The number of amides is 1. The summed E-state index contributed by atoms with van der Waals surface area (Å²) < 4.78 is 5.36. The zero-order chi connectivity index (χ0) is 13.5. The molecule has 0 aliphatic heterocycles. The lowest BCUT2D eigenvalue weighted by atomic mass is 10.00. The van der Waals surface area contributed by atoms with Gasteiger partial charge in [-0.05, 0) is 38.5 Å². The van der Waals surface area contributed by atoms with E-state index in [1.54, 1.807) is 0 Å². The van der Waals surface area contributed by atoms with E-state index in [1.165, 1.54) is 0 Å². The Labute approximate surface area is 109 Å². The van der Waals surface area contributed by atoms with Crippen LogP contribution in [0.25, 0.3) is 0 Å². The first-order valence-electron chi connectivity index (χ1n) is 6.29. The van der Waals surface area contributed by atoms with Crippen molar-refractivity contribution in [3.8, 4) is 0 Å². The fourth-order valence-corrected chi connectivity index (χ4v) is 1.72. The summed E-state index contributed by atoms with van der Waals surface area (Å²) in [6, 6.07) is 7.41. The number of benzene rings is 1. The predicted molar refractivity (Wildman–Crippen MR) is 73.4 cm³/mol. The van der Waals surface area contributed by atoms with Gasteiger partial charge < -0.3 is 15.8 Å². The van der Waals surface area contributed by atoms with Crippen LogP contribution < -0.4 is 11.1 Å². The van der Waals surface area contributed by atoms with Crippen LogP contribution in [0.4, 0.5) is 5.69 Å². The van der Waals surface area contributed by atoms with Crippen LogP contribution in [0.15, 0.2) is 24.3 Å². The topological polar surface area (TPSA) is 64.3 Å². The molecule has 0 saturated carbocycles. The summed E-state index contributed by atoms with van der Waals surface area (Å²) in [5.74, 6) is -0.213. The van der Waals surface area contributed by atoms with Crippen LogP contribution >= 0.6 is 0 Å². The summed E-state index contributed by atoms with van der Waals surface area (Å²) in [7, 11) is 0. The highest BCUT2D eigenvalue weighted by molar-refractivity contribution is 5.83. The number of hydrogen-bond donors (Lipinski definition) is 2. The lowest BCUT2D eigenvalue weighted by Gasteiger charge is -2.16. The molecule has 0 bridgehead atoms. The first-order valence-corrected chi connectivity index (χ1v) is 6.29. The second-order valence-electron chi connectivity index (χ2n) is 4.40. The highest BCUT2D eigenvalue weighted by atomic mass is 16.5. The van der Waals surface area contributed by atoms with Gasteiger partial charge in [0.2, 0.25) is 5.91 Å². The first-order chi connectivity index (χ1) is 8.54. The Morgan fingerprint density at radius 1 is 1.44 bits per heavy atom. The maximum atomic E-state index is 12.0. The minimum Gasteiger partial charge on any atom is -0.399 e. The van der Waals surface area contributed by atoms with Crippen molar-refractivity contribution in [2.75, 3.05) is 18.9 Å². The third-order valence-corrected chi connectivity index (χ3v) is 2.82. The van der Waals surface area contributed by atoms with Crippen LogP contribution in [0.2, 0.25) is 0 Å². The lowest BCUT2D eigenvalue weighted by Crippen LogP contribution is -2.34. The molecule has 18 heavy (non-hydrogen) atoms. The molecule has 100 valence electrons. The van der Waals surface area contributed by atoms with Crippen molar-refractivity contribution >= 4 is 11.6 Å². The summed E-state index contributed by atoms with van der Waals surface area (Å²) in [6.45, 7) is 6.93. The van der Waals surface area contributed by atoms with Gasteiger partial charge in [-0.3, -0.25) is 4.79 Å². The van der Waals surface area contributed by atoms with Crippen molar-refractivity contribution in [3.05, 3.63) is 29.8 Å². The van der Waals surface area contributed by atoms with Crippen molar-refractivity contribution in [1.82, 2.24) is 5.32 Å². The Morgan fingerprint density at radius 2 is 2.17 bits per heavy atom. The van der Waals surface area contributed by atoms with Gasteiger partial charge in [-0.15, -0.1) is 0 Å². The van der Waals surface area contributed by atoms with E-state index in [9.17, 15) is 4.79 Å². The van der Waals surface area contributed by atoms with Gasteiger partial charge in [0.25, 0.3) is 0 Å². The maximum absolute atomic E-state index is 12.0. The minimum atomic E-state index is -0.206. The van der Waals surface area contributed by atoms with Gasteiger partial charge in [0.15, 0.2) is 0 Å². The molecule has 0 spiro atoms. The molecule has 1 aromatic rings. The number of carbonyl (C=O) groups is 1. The van der Waals surface area contributed by atoms with Crippen LogP contribution in [0.5, 0.6) is 0 Å². The molecule has 0 heterocycles. The van der Waals surface area contributed by atoms with E-state index in [2.05, 4.69) is 5.32 Å². The summed E-state index contributed by atoms with van der Waals surface area (Å²) in [4.78, 5) is 12.0. The van der Waals surface area contributed by atoms with Crippen LogP contribution in [-0.2, 0) is 9.53 Å². The Morgan fingerprint density at radius 3 is 2.78 bits per heavy atom. The number of nitrogens with two attached hydrogens (primary N) is 1. The number of nitrogen functional groups attached to an aromatic ring is 1. The van der Waals surface area contributed by atoms with Crippen molar-refractivity contribution < 1.29 is 9.53 Å². The van der Waals surface area contributed by atoms with Crippen molar-refractivity contribution in [2.24, 2.45) is 0 Å². The molecule has 0 radical (unpaired) electrons. The maximum Gasteiger partial charge on any atom is 0.227 e. The SMILES string of the molecule is CCOC(C)CNC(=O)C(C)c1cccc(N)c1. The highest BCUT2D eigenvalue weighted by Gasteiger charge is 2.15. The van der Waals surface area contributed by atoms with Crippen LogP contribution in [-0.4, -0.2) is 25.2 Å². The second kappa shape index (κ2) is 7.01. The molecule has 0 aliphatic rings. The van der Waals surface area contributed by atoms with E-state index in [4.69, 9.17) is 10.5 Å². The number of anilines is 1. The smallest absolute Gasteiger partial charge is 0.227 e. The Hall–Kier alpha value is -1.55. The number of ether oxygens (including phenoxy) is 1. The van der Waals surface area contributed by atoms with Crippen molar-refractivity contribution in [3.63, 3.8) is 0 Å². The Kier molecular flexibility index (Phi) is 5.65. The Balaban J connectivity index is 2.51. The van der Waals surface area contributed by atoms with E-state index in [0.29, 0.717) is 18.8 Å². The molecule has 1 aromatic carbocycles. The fourth-order valence-electron chi connectivity index (χ4n) is 1.72. The average molecular weight is 250 g/mol. The van der Waals surface area contributed by atoms with Crippen LogP contribution in [0, 0.1) is 0 Å². The number of carbonyl (C=O) groups excluding carboxylic acids is 1. The molecule has 0 saturated heterocycles. The first kappa shape index (κ1) is 14.5. The molecule has 0 aromatic heterocycles. The van der Waals surface area contributed by atoms with Gasteiger partial charge in [-0.1, -0.05) is 12.1 Å². The monoisotopic (exact) mass is 250 g/mol. The van der Waals surface area contributed by atoms with Crippen molar-refractivity contribution in [2.45, 2.75) is 32.8 Å². The summed E-state index contributed by atoms with van der Waals surface area (Å²) in [5, 5.41) is 2.88. The normalized spacial score (nSPS) is 13.9. The Bertz CT molecular complexity index is 393. The van der Waals surface area contributed by atoms with Crippen LogP contribution in [0.3, 0.4) is 0 Å². The third kappa shape index (κ3) is 4.37. The number of rotatable bonds is 6. The molecular formula is C14H22N2O2. The molecular weight excluding hydrogens is 228 g/mol. The van der Waals surface area contributed by atoms with Crippen molar-refractivity contribution in [1.29, 1.82) is 0 Å². The molecule has 3 N–H and O–H groups in total. The number of hydrogen-bond acceptors (Lipinski definition) is 3. The van der Waals surface area contributed by atoms with Gasteiger partial charge in [-0.25, -0.2) is 0 Å². The molecule has 1 rings (SSSR count). The lowest BCUT2D eigenvalue weighted by molar-refractivity contribution is -0.122. The zero-order valence-corrected chi connectivity index (χ0v) is 11.3. The van der Waals surface area contributed by atoms with E-state index in [1.807, 2.05) is 45.0 Å². The van der Waals surface area contributed by atoms with E-state index in [-0.39, 0.29) is 17.9 Å². The van der Waals surface area contributed by atoms with Gasteiger partial charge in [0, 0.05) is 18.8 Å². The van der Waals surface area contributed by atoms with Gasteiger partial charge >= 0.3 is 0 Å². The largest absolute Gasteiger partial charge is 0.399 e. The average Bonchev–Trinajstić information content (AvgIpc) is 2.35. The zero-order valence-electron chi connectivity index (χ0n) is 11.3.